The van der Waals surface area contributed by atoms with Crippen molar-refractivity contribution in [2.45, 2.75) is 25.4 Å². The molecule has 2 N–H and O–H groups in total. The third-order valence-corrected chi connectivity index (χ3v) is 3.05. The van der Waals surface area contributed by atoms with Gasteiger partial charge in [-0.1, -0.05) is 0 Å². The number of nitrogens with one attached hydrogen (secondary N) is 2. The summed E-state index contributed by atoms with van der Waals surface area (Å²) in [5.41, 5.74) is 3.52. The van der Waals surface area contributed by atoms with E-state index in [1.165, 1.54) is 0 Å². The molecule has 2 aliphatic heterocycles. The third-order valence-electron chi connectivity index (χ3n) is 3.05. The molecule has 0 radical (unpaired) electrons. The Balaban J connectivity index is 1.64. The summed E-state index contributed by atoms with van der Waals surface area (Å²) in [4.78, 5) is 0. The van der Waals surface area contributed by atoms with E-state index < -0.39 is 0 Å². The maximum atomic E-state index is 5.45. The molecular weight excluding hydrogens is 206 g/mol. The first-order chi connectivity index (χ1) is 7.84. The van der Waals surface area contributed by atoms with Crippen LogP contribution in [0.3, 0.4) is 0 Å². The van der Waals surface area contributed by atoms with Gasteiger partial charge in [-0.15, -0.1) is 0 Å². The number of hydrogen-bond acceptors (Lipinski definition) is 5. The quantitative estimate of drug-likeness (QED) is 0.686. The highest BCUT2D eigenvalue weighted by atomic mass is 16.5. The van der Waals surface area contributed by atoms with Crippen LogP contribution in [0.5, 0.6) is 0 Å². The molecule has 94 valence electrons. The van der Waals surface area contributed by atoms with Crippen molar-refractivity contribution in [2.75, 3.05) is 46.1 Å². The first kappa shape index (κ1) is 12.3. The SMILES string of the molecule is CC(CC1COCCN1)NN1CCOCC1. The van der Waals surface area contributed by atoms with Gasteiger partial charge in [0.2, 0.25) is 0 Å². The van der Waals surface area contributed by atoms with Gasteiger partial charge in [0, 0.05) is 31.7 Å². The monoisotopic (exact) mass is 229 g/mol. The maximum Gasteiger partial charge on any atom is 0.0620 e. The van der Waals surface area contributed by atoms with Gasteiger partial charge in [0.25, 0.3) is 0 Å². The molecule has 0 aliphatic carbocycles. The molecule has 0 saturated carbocycles. The molecule has 0 bridgehead atoms. The fraction of sp³-hybridized carbons (Fsp3) is 1.00. The van der Waals surface area contributed by atoms with Crippen molar-refractivity contribution in [3.63, 3.8) is 0 Å². The first-order valence-electron chi connectivity index (χ1n) is 6.24. The fourth-order valence-corrected chi connectivity index (χ4v) is 2.25. The predicted molar refractivity (Wildman–Crippen MR) is 62.2 cm³/mol. The van der Waals surface area contributed by atoms with E-state index in [9.17, 15) is 0 Å². The smallest absolute Gasteiger partial charge is 0.0620 e. The second-order valence-corrected chi connectivity index (χ2v) is 4.59. The van der Waals surface area contributed by atoms with Gasteiger partial charge in [-0.3, -0.25) is 5.43 Å². The lowest BCUT2D eigenvalue weighted by Crippen LogP contribution is -2.52. The van der Waals surface area contributed by atoms with E-state index in [4.69, 9.17) is 9.47 Å². The van der Waals surface area contributed by atoms with Crippen LogP contribution in [0, 0.1) is 0 Å². The molecule has 0 aromatic heterocycles. The molecular formula is C11H23N3O2. The molecule has 5 nitrogen and oxygen atoms in total. The molecule has 2 heterocycles. The number of ether oxygens (including phenoxy) is 2. The topological polar surface area (TPSA) is 45.8 Å². The lowest BCUT2D eigenvalue weighted by Gasteiger charge is -2.32. The molecule has 2 fully saturated rings. The van der Waals surface area contributed by atoms with Crippen LogP contribution >= 0.6 is 0 Å². The zero-order chi connectivity index (χ0) is 11.2. The zero-order valence-corrected chi connectivity index (χ0v) is 10.1. The largest absolute Gasteiger partial charge is 0.379 e. The van der Waals surface area contributed by atoms with E-state index >= 15 is 0 Å². The molecule has 2 unspecified atom stereocenters. The van der Waals surface area contributed by atoms with E-state index in [-0.39, 0.29) is 0 Å². The van der Waals surface area contributed by atoms with Crippen molar-refractivity contribution >= 4 is 0 Å². The Kier molecular flexibility index (Phi) is 4.99. The number of hydrogen-bond donors (Lipinski definition) is 2. The van der Waals surface area contributed by atoms with Crippen LogP contribution in [0.25, 0.3) is 0 Å². The molecule has 2 aliphatic rings. The van der Waals surface area contributed by atoms with Crippen LogP contribution < -0.4 is 10.7 Å². The maximum absolute atomic E-state index is 5.45. The van der Waals surface area contributed by atoms with Crippen LogP contribution in [0.2, 0.25) is 0 Å². The number of rotatable bonds is 4. The second-order valence-electron chi connectivity index (χ2n) is 4.59. The minimum Gasteiger partial charge on any atom is -0.379 e. The van der Waals surface area contributed by atoms with Gasteiger partial charge in [-0.25, -0.2) is 5.01 Å². The standard InChI is InChI=1S/C11H23N3O2/c1-10(8-11-9-16-5-2-12-11)13-14-3-6-15-7-4-14/h10-13H,2-9H2,1H3. The van der Waals surface area contributed by atoms with E-state index in [1.807, 2.05) is 0 Å². The molecule has 0 aromatic rings. The number of morpholine rings is 2. The molecule has 2 rings (SSSR count). The molecule has 0 aromatic carbocycles. The van der Waals surface area contributed by atoms with Gasteiger partial charge in [0.05, 0.1) is 26.4 Å². The minimum atomic E-state index is 0.484. The summed E-state index contributed by atoms with van der Waals surface area (Å²) < 4.78 is 10.8. The highest BCUT2D eigenvalue weighted by Crippen LogP contribution is 2.04. The van der Waals surface area contributed by atoms with Gasteiger partial charge in [-0.2, -0.15) is 0 Å². The van der Waals surface area contributed by atoms with Crippen molar-refractivity contribution in [1.82, 2.24) is 15.8 Å². The molecule has 0 amide bonds. The third kappa shape index (κ3) is 3.99. The summed E-state index contributed by atoms with van der Waals surface area (Å²) in [6.45, 7) is 8.55. The summed E-state index contributed by atoms with van der Waals surface area (Å²) in [7, 11) is 0. The summed E-state index contributed by atoms with van der Waals surface area (Å²) >= 11 is 0. The summed E-state index contributed by atoms with van der Waals surface area (Å²) in [6, 6.07) is 0.981. The minimum absolute atomic E-state index is 0.484. The Bertz CT molecular complexity index is 172. The summed E-state index contributed by atoms with van der Waals surface area (Å²) in [5.74, 6) is 0. The second kappa shape index (κ2) is 6.51. The molecule has 0 spiro atoms. The average Bonchev–Trinajstić information content (AvgIpc) is 2.31. The lowest BCUT2D eigenvalue weighted by molar-refractivity contribution is 0.000881. The highest BCUT2D eigenvalue weighted by Gasteiger charge is 2.18. The molecule has 2 atom stereocenters. The van der Waals surface area contributed by atoms with Crippen molar-refractivity contribution in [2.24, 2.45) is 0 Å². The molecule has 5 heteroatoms. The van der Waals surface area contributed by atoms with Crippen LogP contribution in [0.1, 0.15) is 13.3 Å². The van der Waals surface area contributed by atoms with Crippen LogP contribution in [0.15, 0.2) is 0 Å². The van der Waals surface area contributed by atoms with Gasteiger partial charge in [-0.05, 0) is 13.3 Å². The Morgan fingerprint density at radius 1 is 1.31 bits per heavy atom. The van der Waals surface area contributed by atoms with Crippen molar-refractivity contribution < 1.29 is 9.47 Å². The van der Waals surface area contributed by atoms with Crippen molar-refractivity contribution in [3.8, 4) is 0 Å². The Labute approximate surface area is 97.4 Å². The fourth-order valence-electron chi connectivity index (χ4n) is 2.25. The zero-order valence-electron chi connectivity index (χ0n) is 10.1. The Morgan fingerprint density at radius 2 is 2.12 bits per heavy atom. The number of hydrazine groups is 1. The predicted octanol–water partition coefficient (Wildman–Crippen LogP) is -0.410. The Hall–Kier alpha value is -0.200. The van der Waals surface area contributed by atoms with E-state index in [0.717, 1.165) is 52.5 Å². The van der Waals surface area contributed by atoms with Gasteiger partial charge in [0.1, 0.15) is 0 Å². The molecule has 16 heavy (non-hydrogen) atoms. The Morgan fingerprint density at radius 3 is 2.81 bits per heavy atom. The first-order valence-corrected chi connectivity index (χ1v) is 6.24. The van der Waals surface area contributed by atoms with E-state index in [0.29, 0.717) is 12.1 Å². The highest BCUT2D eigenvalue weighted by molar-refractivity contribution is 4.75. The van der Waals surface area contributed by atoms with Gasteiger partial charge in [0.15, 0.2) is 0 Å². The normalized spacial score (nSPS) is 30.2. The molecule has 2 saturated heterocycles. The van der Waals surface area contributed by atoms with Crippen LogP contribution in [-0.2, 0) is 9.47 Å². The van der Waals surface area contributed by atoms with Crippen LogP contribution in [0.4, 0.5) is 0 Å². The van der Waals surface area contributed by atoms with Crippen molar-refractivity contribution in [1.29, 1.82) is 0 Å². The van der Waals surface area contributed by atoms with Gasteiger partial charge >= 0.3 is 0 Å². The average molecular weight is 229 g/mol. The summed E-state index contributed by atoms with van der Waals surface area (Å²) in [6.07, 6.45) is 1.11. The van der Waals surface area contributed by atoms with Crippen molar-refractivity contribution in [3.05, 3.63) is 0 Å². The van der Waals surface area contributed by atoms with E-state index in [1.54, 1.807) is 0 Å². The lowest BCUT2D eigenvalue weighted by atomic mass is 10.1. The van der Waals surface area contributed by atoms with Crippen LogP contribution in [-0.4, -0.2) is 63.2 Å². The number of nitrogens with zero attached hydrogens (tertiary/aromatic N) is 1. The summed E-state index contributed by atoms with van der Waals surface area (Å²) in [5, 5.41) is 5.74. The van der Waals surface area contributed by atoms with Gasteiger partial charge < -0.3 is 14.8 Å². The van der Waals surface area contributed by atoms with E-state index in [2.05, 4.69) is 22.7 Å².